The molecule has 0 aliphatic carbocycles. The molecule has 6 heteroatoms. The van der Waals surface area contributed by atoms with Crippen LogP contribution in [0.3, 0.4) is 0 Å². The molecule has 112 valence electrons. The van der Waals surface area contributed by atoms with E-state index in [0.717, 1.165) is 17.7 Å². The van der Waals surface area contributed by atoms with E-state index in [2.05, 4.69) is 5.32 Å². The van der Waals surface area contributed by atoms with Crippen molar-refractivity contribution in [2.45, 2.75) is 12.8 Å². The normalized spacial score (nSPS) is 17.9. The Morgan fingerprint density at radius 3 is 2.90 bits per heavy atom. The minimum absolute atomic E-state index is 0.00668. The van der Waals surface area contributed by atoms with Gasteiger partial charge >= 0.3 is 0 Å². The molecule has 0 bridgehead atoms. The average Bonchev–Trinajstić information content (AvgIpc) is 2.53. The fourth-order valence-corrected chi connectivity index (χ4v) is 2.49. The zero-order valence-electron chi connectivity index (χ0n) is 11.8. The second-order valence-corrected chi connectivity index (χ2v) is 5.15. The van der Waals surface area contributed by atoms with Gasteiger partial charge in [0.05, 0.1) is 13.2 Å². The van der Waals surface area contributed by atoms with Crippen LogP contribution in [0.25, 0.3) is 0 Å². The maximum atomic E-state index is 12.0. The molecule has 2 amide bonds. The molecule has 0 saturated carbocycles. The summed E-state index contributed by atoms with van der Waals surface area (Å²) in [6.07, 6.45) is 1.26. The van der Waals surface area contributed by atoms with Crippen molar-refractivity contribution in [3.63, 3.8) is 0 Å². The van der Waals surface area contributed by atoms with Gasteiger partial charge in [0.2, 0.25) is 5.91 Å². The number of rotatable bonds is 3. The third-order valence-corrected chi connectivity index (χ3v) is 3.70. The third-order valence-electron chi connectivity index (χ3n) is 3.70. The lowest BCUT2D eigenvalue weighted by molar-refractivity contribution is -0.137. The van der Waals surface area contributed by atoms with E-state index in [0.29, 0.717) is 38.5 Å². The number of morpholine rings is 1. The quantitative estimate of drug-likeness (QED) is 0.894. The van der Waals surface area contributed by atoms with Crippen LogP contribution >= 0.6 is 0 Å². The maximum absolute atomic E-state index is 12.0. The molecule has 0 atom stereocenters. The molecule has 21 heavy (non-hydrogen) atoms. The molecule has 1 N–H and O–H groups in total. The first-order chi connectivity index (χ1) is 10.2. The van der Waals surface area contributed by atoms with Crippen molar-refractivity contribution in [2.24, 2.45) is 0 Å². The number of fused-ring (bicyclic) bond motifs is 1. The Bertz CT molecular complexity index is 553. The van der Waals surface area contributed by atoms with Gasteiger partial charge in [-0.05, 0) is 18.1 Å². The number of amides is 2. The molecule has 0 unspecified atom stereocenters. The van der Waals surface area contributed by atoms with Crippen LogP contribution in [0.4, 0.5) is 5.69 Å². The SMILES string of the molecule is O=C1CCc2ccc(OCC(=O)N3CCOCC3)cc2N1. The van der Waals surface area contributed by atoms with Gasteiger partial charge in [0.25, 0.3) is 5.91 Å². The zero-order valence-corrected chi connectivity index (χ0v) is 11.8. The molecule has 1 aromatic carbocycles. The topological polar surface area (TPSA) is 67.9 Å². The zero-order chi connectivity index (χ0) is 14.7. The average molecular weight is 290 g/mol. The Labute approximate surface area is 123 Å². The number of anilines is 1. The number of nitrogens with one attached hydrogen (secondary N) is 1. The lowest BCUT2D eigenvalue weighted by Gasteiger charge is -2.26. The summed E-state index contributed by atoms with van der Waals surface area (Å²) < 4.78 is 10.7. The first-order valence-electron chi connectivity index (χ1n) is 7.13. The predicted octanol–water partition coefficient (Wildman–Crippen LogP) is 0.809. The number of hydrogen-bond donors (Lipinski definition) is 1. The van der Waals surface area contributed by atoms with Gasteiger partial charge in [0, 0.05) is 31.3 Å². The first kappa shape index (κ1) is 13.9. The van der Waals surface area contributed by atoms with Gasteiger partial charge in [-0.25, -0.2) is 0 Å². The maximum Gasteiger partial charge on any atom is 0.260 e. The van der Waals surface area contributed by atoms with E-state index < -0.39 is 0 Å². The Morgan fingerprint density at radius 1 is 1.29 bits per heavy atom. The molecule has 1 aromatic rings. The Kier molecular flexibility index (Phi) is 4.06. The summed E-state index contributed by atoms with van der Waals surface area (Å²) >= 11 is 0. The highest BCUT2D eigenvalue weighted by molar-refractivity contribution is 5.94. The van der Waals surface area contributed by atoms with Crippen molar-refractivity contribution in [3.8, 4) is 5.75 Å². The number of ether oxygens (including phenoxy) is 2. The minimum atomic E-state index is -0.0416. The summed E-state index contributed by atoms with van der Waals surface area (Å²) in [5, 5.41) is 2.82. The van der Waals surface area contributed by atoms with E-state index >= 15 is 0 Å². The van der Waals surface area contributed by atoms with Crippen LogP contribution in [0.2, 0.25) is 0 Å². The van der Waals surface area contributed by atoms with E-state index in [-0.39, 0.29) is 18.4 Å². The van der Waals surface area contributed by atoms with Crippen LogP contribution in [-0.4, -0.2) is 49.6 Å². The van der Waals surface area contributed by atoms with Crippen LogP contribution in [-0.2, 0) is 20.7 Å². The molecule has 3 rings (SSSR count). The Morgan fingerprint density at radius 2 is 2.10 bits per heavy atom. The number of nitrogens with zero attached hydrogens (tertiary/aromatic N) is 1. The number of aryl methyl sites for hydroxylation is 1. The number of carbonyl (C=O) groups excluding carboxylic acids is 2. The molecule has 6 nitrogen and oxygen atoms in total. The first-order valence-corrected chi connectivity index (χ1v) is 7.13. The van der Waals surface area contributed by atoms with Crippen molar-refractivity contribution < 1.29 is 19.1 Å². The highest BCUT2D eigenvalue weighted by Gasteiger charge is 2.18. The molecule has 2 aliphatic heterocycles. The van der Waals surface area contributed by atoms with Crippen molar-refractivity contribution in [3.05, 3.63) is 23.8 Å². The van der Waals surface area contributed by atoms with Crippen molar-refractivity contribution in [2.75, 3.05) is 38.2 Å². The molecular formula is C15H18N2O4. The van der Waals surface area contributed by atoms with Gasteiger partial charge in [-0.15, -0.1) is 0 Å². The standard InChI is InChI=1S/C15H18N2O4/c18-14-4-2-11-1-3-12(9-13(11)16-14)21-10-15(19)17-5-7-20-8-6-17/h1,3,9H,2,4-8,10H2,(H,16,18). The highest BCUT2D eigenvalue weighted by Crippen LogP contribution is 2.27. The summed E-state index contributed by atoms with van der Waals surface area (Å²) in [5.41, 5.74) is 1.88. The molecule has 0 aromatic heterocycles. The van der Waals surface area contributed by atoms with Crippen molar-refractivity contribution >= 4 is 17.5 Å². The summed E-state index contributed by atoms with van der Waals surface area (Å²) in [6, 6.07) is 5.55. The Hall–Kier alpha value is -2.08. The Balaban J connectivity index is 1.59. The molecular weight excluding hydrogens is 272 g/mol. The smallest absolute Gasteiger partial charge is 0.260 e. The fourth-order valence-electron chi connectivity index (χ4n) is 2.49. The van der Waals surface area contributed by atoms with Crippen LogP contribution in [0.1, 0.15) is 12.0 Å². The molecule has 0 radical (unpaired) electrons. The summed E-state index contributed by atoms with van der Waals surface area (Å²) in [6.45, 7) is 2.39. The fraction of sp³-hybridized carbons (Fsp3) is 0.467. The van der Waals surface area contributed by atoms with Crippen LogP contribution in [0, 0.1) is 0 Å². The molecule has 1 saturated heterocycles. The summed E-state index contributed by atoms with van der Waals surface area (Å²) in [4.78, 5) is 25.1. The van der Waals surface area contributed by atoms with Gasteiger partial charge < -0.3 is 19.7 Å². The van der Waals surface area contributed by atoms with Gasteiger partial charge in [-0.3, -0.25) is 9.59 Å². The van der Waals surface area contributed by atoms with Crippen LogP contribution in [0.15, 0.2) is 18.2 Å². The lowest BCUT2D eigenvalue weighted by Crippen LogP contribution is -2.42. The molecule has 2 aliphatic rings. The molecule has 1 fully saturated rings. The van der Waals surface area contributed by atoms with Crippen LogP contribution in [0.5, 0.6) is 5.75 Å². The summed E-state index contributed by atoms with van der Waals surface area (Å²) in [5.74, 6) is 0.571. The number of carbonyl (C=O) groups is 2. The summed E-state index contributed by atoms with van der Waals surface area (Å²) in [7, 11) is 0. The number of benzene rings is 1. The lowest BCUT2D eigenvalue weighted by atomic mass is 10.0. The van der Waals surface area contributed by atoms with Gasteiger partial charge in [0.15, 0.2) is 6.61 Å². The van der Waals surface area contributed by atoms with Crippen molar-refractivity contribution in [1.29, 1.82) is 0 Å². The van der Waals surface area contributed by atoms with Gasteiger partial charge in [-0.1, -0.05) is 6.07 Å². The monoisotopic (exact) mass is 290 g/mol. The largest absolute Gasteiger partial charge is 0.484 e. The van der Waals surface area contributed by atoms with Crippen molar-refractivity contribution in [1.82, 2.24) is 4.90 Å². The van der Waals surface area contributed by atoms with E-state index in [9.17, 15) is 9.59 Å². The number of hydrogen-bond acceptors (Lipinski definition) is 4. The van der Waals surface area contributed by atoms with E-state index in [4.69, 9.17) is 9.47 Å². The van der Waals surface area contributed by atoms with E-state index in [1.165, 1.54) is 0 Å². The van der Waals surface area contributed by atoms with Crippen LogP contribution < -0.4 is 10.1 Å². The second-order valence-electron chi connectivity index (χ2n) is 5.15. The van der Waals surface area contributed by atoms with E-state index in [1.807, 2.05) is 12.1 Å². The van der Waals surface area contributed by atoms with E-state index in [1.54, 1.807) is 11.0 Å². The van der Waals surface area contributed by atoms with Gasteiger partial charge in [-0.2, -0.15) is 0 Å². The third kappa shape index (κ3) is 3.33. The van der Waals surface area contributed by atoms with Gasteiger partial charge in [0.1, 0.15) is 5.75 Å². The minimum Gasteiger partial charge on any atom is -0.484 e. The predicted molar refractivity (Wildman–Crippen MR) is 76.3 cm³/mol. The highest BCUT2D eigenvalue weighted by atomic mass is 16.5. The molecule has 2 heterocycles. The molecule has 0 spiro atoms. The second kappa shape index (κ2) is 6.13.